The third-order valence-electron chi connectivity index (χ3n) is 3.76. The average Bonchev–Trinajstić information content (AvgIpc) is 2.84. The molecule has 2 aliphatic rings. The molecule has 6 nitrogen and oxygen atoms in total. The van der Waals surface area contributed by atoms with Gasteiger partial charge in [0.15, 0.2) is 0 Å². The Morgan fingerprint density at radius 1 is 1.32 bits per heavy atom. The smallest absolute Gasteiger partial charge is 0.410 e. The summed E-state index contributed by atoms with van der Waals surface area (Å²) >= 11 is 0. The van der Waals surface area contributed by atoms with Gasteiger partial charge in [0.05, 0.1) is 19.2 Å². The average molecular weight is 313 g/mol. The summed E-state index contributed by atoms with van der Waals surface area (Å²) in [6.07, 6.45) is 3.01. The number of carbonyl (C=O) groups is 2. The first-order chi connectivity index (χ1) is 10.2. The Bertz CT molecular complexity index is 417. The Morgan fingerprint density at radius 2 is 2.00 bits per heavy atom. The number of rotatable bonds is 4. The SMILES string of the molecule is CC(C)(C)OC(=O)N1CC(C)(OC(=O)CCC2CCCO2)C1. The van der Waals surface area contributed by atoms with Crippen LogP contribution in [0.1, 0.15) is 53.4 Å². The first kappa shape index (κ1) is 17.1. The highest BCUT2D eigenvalue weighted by atomic mass is 16.6. The van der Waals surface area contributed by atoms with Gasteiger partial charge in [-0.1, -0.05) is 0 Å². The van der Waals surface area contributed by atoms with Gasteiger partial charge in [-0.15, -0.1) is 0 Å². The maximum Gasteiger partial charge on any atom is 0.410 e. The van der Waals surface area contributed by atoms with E-state index in [9.17, 15) is 9.59 Å². The van der Waals surface area contributed by atoms with Crippen molar-refractivity contribution in [2.24, 2.45) is 0 Å². The molecule has 2 rings (SSSR count). The Balaban J connectivity index is 1.68. The molecule has 0 aliphatic carbocycles. The molecule has 2 fully saturated rings. The number of hydrogen-bond donors (Lipinski definition) is 0. The standard InChI is InChI=1S/C16H27NO5/c1-15(2,3)22-14(19)17-10-16(4,11-17)21-13(18)8-7-12-6-5-9-20-12/h12H,5-11H2,1-4H3. The van der Waals surface area contributed by atoms with Crippen molar-refractivity contribution in [3.63, 3.8) is 0 Å². The van der Waals surface area contributed by atoms with Crippen molar-refractivity contribution >= 4 is 12.1 Å². The van der Waals surface area contributed by atoms with Gasteiger partial charge < -0.3 is 19.1 Å². The van der Waals surface area contributed by atoms with Gasteiger partial charge in [-0.25, -0.2) is 4.79 Å². The molecule has 0 saturated carbocycles. The van der Waals surface area contributed by atoms with E-state index in [0.717, 1.165) is 19.4 Å². The highest BCUT2D eigenvalue weighted by Crippen LogP contribution is 2.27. The predicted octanol–water partition coefficient (Wildman–Crippen LogP) is 2.50. The molecular weight excluding hydrogens is 286 g/mol. The molecule has 0 bridgehead atoms. The Labute approximate surface area is 132 Å². The quantitative estimate of drug-likeness (QED) is 0.746. The minimum absolute atomic E-state index is 0.194. The molecule has 22 heavy (non-hydrogen) atoms. The molecular formula is C16H27NO5. The summed E-state index contributed by atoms with van der Waals surface area (Å²) in [4.78, 5) is 25.3. The molecule has 0 radical (unpaired) electrons. The Morgan fingerprint density at radius 3 is 2.55 bits per heavy atom. The molecule has 0 aromatic rings. The third-order valence-corrected chi connectivity index (χ3v) is 3.76. The van der Waals surface area contributed by atoms with Crippen LogP contribution in [-0.2, 0) is 19.0 Å². The first-order valence-corrected chi connectivity index (χ1v) is 7.98. The molecule has 126 valence electrons. The van der Waals surface area contributed by atoms with Crippen molar-refractivity contribution in [1.82, 2.24) is 4.90 Å². The van der Waals surface area contributed by atoms with Crippen LogP contribution >= 0.6 is 0 Å². The molecule has 2 heterocycles. The zero-order valence-corrected chi connectivity index (χ0v) is 14.0. The lowest BCUT2D eigenvalue weighted by Gasteiger charge is -2.46. The lowest BCUT2D eigenvalue weighted by atomic mass is 9.97. The summed E-state index contributed by atoms with van der Waals surface area (Å²) in [6.45, 7) is 8.89. The van der Waals surface area contributed by atoms with E-state index in [1.807, 2.05) is 27.7 Å². The summed E-state index contributed by atoms with van der Waals surface area (Å²) in [5, 5.41) is 0. The molecule has 2 aliphatic heterocycles. The van der Waals surface area contributed by atoms with Gasteiger partial charge in [-0.3, -0.25) is 4.79 Å². The zero-order valence-electron chi connectivity index (χ0n) is 14.0. The van der Waals surface area contributed by atoms with E-state index in [-0.39, 0.29) is 18.2 Å². The highest BCUT2D eigenvalue weighted by molar-refractivity contribution is 5.72. The van der Waals surface area contributed by atoms with Gasteiger partial charge in [0.25, 0.3) is 0 Å². The van der Waals surface area contributed by atoms with Crippen molar-refractivity contribution in [2.75, 3.05) is 19.7 Å². The van der Waals surface area contributed by atoms with Crippen LogP contribution in [0.15, 0.2) is 0 Å². The van der Waals surface area contributed by atoms with Crippen molar-refractivity contribution in [3.05, 3.63) is 0 Å². The minimum atomic E-state index is -0.593. The molecule has 1 amide bonds. The topological polar surface area (TPSA) is 65.1 Å². The summed E-state index contributed by atoms with van der Waals surface area (Å²) in [6, 6.07) is 0. The van der Waals surface area contributed by atoms with E-state index < -0.39 is 11.2 Å². The summed E-state index contributed by atoms with van der Waals surface area (Å²) in [5.74, 6) is -0.221. The van der Waals surface area contributed by atoms with Crippen molar-refractivity contribution in [1.29, 1.82) is 0 Å². The van der Waals surface area contributed by atoms with E-state index in [2.05, 4.69) is 0 Å². The number of hydrogen-bond acceptors (Lipinski definition) is 5. The van der Waals surface area contributed by atoms with Gasteiger partial charge in [0, 0.05) is 13.0 Å². The minimum Gasteiger partial charge on any atom is -0.456 e. The van der Waals surface area contributed by atoms with E-state index in [4.69, 9.17) is 14.2 Å². The molecule has 1 unspecified atom stereocenters. The van der Waals surface area contributed by atoms with Crippen LogP contribution in [0.25, 0.3) is 0 Å². The number of nitrogens with zero attached hydrogens (tertiary/aromatic N) is 1. The molecule has 1 atom stereocenters. The molecule has 0 N–H and O–H groups in total. The molecule has 0 aromatic heterocycles. The molecule has 0 aromatic carbocycles. The highest BCUT2D eigenvalue weighted by Gasteiger charge is 2.46. The van der Waals surface area contributed by atoms with Crippen molar-refractivity contribution in [3.8, 4) is 0 Å². The van der Waals surface area contributed by atoms with Gasteiger partial charge in [-0.05, 0) is 47.0 Å². The second kappa shape index (κ2) is 6.44. The second-order valence-corrected chi connectivity index (χ2v) is 7.43. The van der Waals surface area contributed by atoms with Crippen molar-refractivity contribution in [2.45, 2.75) is 70.7 Å². The zero-order chi connectivity index (χ0) is 16.4. The van der Waals surface area contributed by atoms with Crippen LogP contribution < -0.4 is 0 Å². The van der Waals surface area contributed by atoms with Crippen molar-refractivity contribution < 1.29 is 23.8 Å². The molecule has 2 saturated heterocycles. The van der Waals surface area contributed by atoms with E-state index >= 15 is 0 Å². The maximum atomic E-state index is 11.9. The Kier molecular flexibility index (Phi) is 5.00. The first-order valence-electron chi connectivity index (χ1n) is 7.98. The molecule has 6 heteroatoms. The number of likely N-dealkylation sites (tertiary alicyclic amines) is 1. The van der Waals surface area contributed by atoms with Crippen LogP contribution in [0.5, 0.6) is 0 Å². The van der Waals surface area contributed by atoms with Gasteiger partial charge in [0.1, 0.15) is 11.2 Å². The second-order valence-electron chi connectivity index (χ2n) is 7.43. The van der Waals surface area contributed by atoms with Crippen LogP contribution in [0.3, 0.4) is 0 Å². The fraction of sp³-hybridized carbons (Fsp3) is 0.875. The lowest BCUT2D eigenvalue weighted by molar-refractivity contribution is -0.175. The number of amides is 1. The maximum absolute atomic E-state index is 11.9. The largest absolute Gasteiger partial charge is 0.456 e. The van der Waals surface area contributed by atoms with Gasteiger partial charge >= 0.3 is 12.1 Å². The lowest BCUT2D eigenvalue weighted by Crippen LogP contribution is -2.64. The normalized spacial score (nSPS) is 23.8. The number of carbonyl (C=O) groups excluding carboxylic acids is 2. The van der Waals surface area contributed by atoms with Crippen LogP contribution in [-0.4, -0.2) is 54.0 Å². The van der Waals surface area contributed by atoms with E-state index in [1.165, 1.54) is 0 Å². The van der Waals surface area contributed by atoms with E-state index in [1.54, 1.807) is 4.90 Å². The monoisotopic (exact) mass is 313 g/mol. The van der Waals surface area contributed by atoms with Gasteiger partial charge in [-0.2, -0.15) is 0 Å². The summed E-state index contributed by atoms with van der Waals surface area (Å²) in [7, 11) is 0. The molecule has 0 spiro atoms. The van der Waals surface area contributed by atoms with Crippen LogP contribution in [0.4, 0.5) is 4.79 Å². The van der Waals surface area contributed by atoms with Crippen LogP contribution in [0.2, 0.25) is 0 Å². The van der Waals surface area contributed by atoms with E-state index in [0.29, 0.717) is 25.9 Å². The Hall–Kier alpha value is -1.30. The fourth-order valence-corrected chi connectivity index (χ4v) is 2.76. The van der Waals surface area contributed by atoms with Crippen LogP contribution in [0, 0.1) is 0 Å². The number of esters is 1. The van der Waals surface area contributed by atoms with Gasteiger partial charge in [0.2, 0.25) is 0 Å². The summed E-state index contributed by atoms with van der Waals surface area (Å²) < 4.78 is 16.3. The predicted molar refractivity (Wildman–Crippen MR) is 80.5 cm³/mol. The summed E-state index contributed by atoms with van der Waals surface area (Å²) in [5.41, 5.74) is -1.11. The third kappa shape index (κ3) is 4.87. The fourth-order valence-electron chi connectivity index (χ4n) is 2.76. The number of ether oxygens (including phenoxy) is 3.